The summed E-state index contributed by atoms with van der Waals surface area (Å²) in [7, 11) is -8.04. The Labute approximate surface area is 102 Å². The molecule has 0 saturated carbocycles. The van der Waals surface area contributed by atoms with Crippen molar-refractivity contribution in [2.75, 3.05) is 0 Å². The molecule has 0 aliphatic carbocycles. The van der Waals surface area contributed by atoms with Crippen LogP contribution in [0, 0.1) is 0 Å². The van der Waals surface area contributed by atoms with E-state index in [0.29, 0.717) is 0 Å². The monoisotopic (exact) mass is 349 g/mol. The molecule has 2 atom stereocenters. The Bertz CT molecular complexity index is 378. The summed E-state index contributed by atoms with van der Waals surface area (Å²) in [5, 5.41) is 0. The number of hydrogen-bond donors (Lipinski definition) is 1. The minimum Gasteiger partial charge on any atom is -0.346 e. The van der Waals surface area contributed by atoms with E-state index in [1.807, 2.05) is 0 Å². The Hall–Kier alpha value is -0.450. The first-order valence-corrected chi connectivity index (χ1v) is 5.95. The molecule has 121 valence electrons. The van der Waals surface area contributed by atoms with Gasteiger partial charge in [-0.25, -0.2) is 4.39 Å². The Kier molecular flexibility index (Phi) is 3.38. The van der Waals surface area contributed by atoms with Gasteiger partial charge in [0.25, 0.3) is 7.80 Å². The van der Waals surface area contributed by atoms with Crippen LogP contribution >= 0.6 is 7.80 Å². The van der Waals surface area contributed by atoms with Gasteiger partial charge < -0.3 is 4.89 Å². The molecule has 1 radical (unpaired) electrons. The third-order valence-electron chi connectivity index (χ3n) is 2.58. The molecule has 1 aliphatic rings. The zero-order valence-electron chi connectivity index (χ0n) is 8.51. The molecule has 0 aromatic carbocycles. The molecule has 1 fully saturated rings. The van der Waals surface area contributed by atoms with Gasteiger partial charge in [-0.15, -0.1) is 0 Å². The highest BCUT2D eigenvalue weighted by molar-refractivity contribution is 7.67. The molecule has 1 rings (SSSR count). The Morgan fingerprint density at radius 3 is 1.40 bits per heavy atom. The molecule has 1 aliphatic heterocycles. The lowest BCUT2D eigenvalue weighted by Crippen LogP contribution is -2.65. The first kappa shape index (κ1) is 17.6. The van der Waals surface area contributed by atoms with E-state index in [1.54, 1.807) is 0 Å². The van der Waals surface area contributed by atoms with Crippen LogP contribution < -0.4 is 0 Å². The second-order valence-corrected chi connectivity index (χ2v) is 6.05. The molecule has 2 unspecified atom stereocenters. The third kappa shape index (κ3) is 1.50. The maximum Gasteiger partial charge on any atom is 0.387 e. The van der Waals surface area contributed by atoms with E-state index in [1.165, 1.54) is 0 Å². The SMILES string of the molecule is O[P]1(F)C(F)C(F)(F)C(F)(F)C(F)(F)C(F)(F)C1(F)F. The zero-order chi connectivity index (χ0) is 16.6. The lowest BCUT2D eigenvalue weighted by atomic mass is 9.99. The fourth-order valence-corrected chi connectivity index (χ4v) is 2.71. The van der Waals surface area contributed by atoms with E-state index in [9.17, 15) is 52.5 Å². The molecule has 1 saturated heterocycles. The summed E-state index contributed by atoms with van der Waals surface area (Å²) < 4.78 is 152. The van der Waals surface area contributed by atoms with Gasteiger partial charge in [-0.05, 0) is 0 Å². The van der Waals surface area contributed by atoms with Crippen molar-refractivity contribution in [1.82, 2.24) is 0 Å². The van der Waals surface area contributed by atoms with Crippen molar-refractivity contribution in [3.05, 3.63) is 0 Å². The summed E-state index contributed by atoms with van der Waals surface area (Å²) in [5.74, 6) is -35.0. The van der Waals surface area contributed by atoms with Crippen molar-refractivity contribution in [2.45, 2.75) is 35.3 Å². The summed E-state index contributed by atoms with van der Waals surface area (Å²) in [6.07, 6.45) is 0. The smallest absolute Gasteiger partial charge is 0.346 e. The Morgan fingerprint density at radius 2 is 1.05 bits per heavy atom. The topological polar surface area (TPSA) is 20.2 Å². The normalized spacial score (nSPS) is 41.0. The average Bonchev–Trinajstić information content (AvgIpc) is 2.25. The van der Waals surface area contributed by atoms with Crippen LogP contribution in [0.5, 0.6) is 0 Å². The average molecular weight is 349 g/mol. The van der Waals surface area contributed by atoms with Crippen molar-refractivity contribution < 1.29 is 57.4 Å². The molecule has 0 bridgehead atoms. The van der Waals surface area contributed by atoms with Crippen molar-refractivity contribution >= 4 is 7.80 Å². The van der Waals surface area contributed by atoms with Crippen molar-refractivity contribution in [2.24, 2.45) is 0 Å². The summed E-state index contributed by atoms with van der Waals surface area (Å²) in [6, 6.07) is 0. The van der Waals surface area contributed by atoms with Crippen molar-refractivity contribution in [3.63, 3.8) is 0 Å². The highest BCUT2D eigenvalue weighted by Gasteiger charge is 2.96. The van der Waals surface area contributed by atoms with Crippen LogP contribution in [0.25, 0.3) is 0 Å². The van der Waals surface area contributed by atoms with Gasteiger partial charge in [-0.3, -0.25) is 0 Å². The highest BCUT2D eigenvalue weighted by atomic mass is 31.2. The summed E-state index contributed by atoms with van der Waals surface area (Å²) in [4.78, 5) is 8.18. The second-order valence-electron chi connectivity index (χ2n) is 3.83. The predicted molar refractivity (Wildman–Crippen MR) is 39.9 cm³/mol. The molecule has 1 nitrogen and oxygen atoms in total. The van der Waals surface area contributed by atoms with Gasteiger partial charge in [0.05, 0.1) is 0 Å². The van der Waals surface area contributed by atoms with Crippen molar-refractivity contribution in [1.29, 1.82) is 0 Å². The minimum atomic E-state index is -8.04. The zero-order valence-corrected chi connectivity index (χ0v) is 9.40. The van der Waals surface area contributed by atoms with E-state index in [2.05, 4.69) is 0 Å². The molecule has 0 aromatic rings. The maximum atomic E-state index is 12.9. The van der Waals surface area contributed by atoms with Crippen LogP contribution in [-0.4, -0.2) is 40.2 Å². The van der Waals surface area contributed by atoms with Crippen LogP contribution in [0.4, 0.5) is 52.5 Å². The number of halogens is 12. The lowest BCUT2D eigenvalue weighted by Gasteiger charge is -2.36. The van der Waals surface area contributed by atoms with Crippen molar-refractivity contribution in [3.8, 4) is 0 Å². The predicted octanol–water partition coefficient (Wildman–Crippen LogP) is 4.24. The van der Waals surface area contributed by atoms with Crippen LogP contribution in [0.2, 0.25) is 0 Å². The molecule has 14 heteroatoms. The summed E-state index contributed by atoms with van der Waals surface area (Å²) in [6.45, 7) is 0. The molecule has 1 heterocycles. The summed E-state index contributed by atoms with van der Waals surface area (Å²) in [5.41, 5.74) is -7.15. The van der Waals surface area contributed by atoms with Gasteiger partial charge >= 0.3 is 29.4 Å². The Balaban J connectivity index is 3.83. The summed E-state index contributed by atoms with van der Waals surface area (Å²) >= 11 is 0. The third-order valence-corrected chi connectivity index (χ3v) is 4.57. The molecule has 0 aromatic heterocycles. The van der Waals surface area contributed by atoms with Gasteiger partial charge in [0.2, 0.25) is 5.91 Å². The fraction of sp³-hybridized carbons (Fsp3) is 1.00. The number of hydrogen-bond acceptors (Lipinski definition) is 1. The molecule has 0 spiro atoms. The maximum absolute atomic E-state index is 12.9. The minimum absolute atomic E-state index is 5.63. The highest BCUT2D eigenvalue weighted by Crippen LogP contribution is 2.83. The van der Waals surface area contributed by atoms with Crippen LogP contribution in [0.1, 0.15) is 0 Å². The fourth-order valence-electron chi connectivity index (χ4n) is 1.30. The molecule has 0 amide bonds. The molecular formula is C6H2F12OP. The van der Waals surface area contributed by atoms with Crippen LogP contribution in [-0.2, 0) is 0 Å². The molecular weight excluding hydrogens is 347 g/mol. The largest absolute Gasteiger partial charge is 0.387 e. The first-order chi connectivity index (χ1) is 8.40. The van der Waals surface area contributed by atoms with E-state index < -0.39 is 43.1 Å². The van der Waals surface area contributed by atoms with E-state index in [-0.39, 0.29) is 0 Å². The van der Waals surface area contributed by atoms with Gasteiger partial charge in [-0.1, -0.05) is 0 Å². The number of rotatable bonds is 0. The lowest BCUT2D eigenvalue weighted by molar-refractivity contribution is -0.385. The van der Waals surface area contributed by atoms with Gasteiger partial charge in [0, 0.05) is 0 Å². The van der Waals surface area contributed by atoms with E-state index in [0.717, 1.165) is 0 Å². The number of alkyl halides is 11. The van der Waals surface area contributed by atoms with Gasteiger partial charge in [-0.2, -0.15) is 48.1 Å². The van der Waals surface area contributed by atoms with E-state index in [4.69, 9.17) is 4.89 Å². The van der Waals surface area contributed by atoms with Crippen LogP contribution in [0.15, 0.2) is 0 Å². The molecule has 20 heavy (non-hydrogen) atoms. The second kappa shape index (κ2) is 3.84. The molecule has 1 N–H and O–H groups in total. The Morgan fingerprint density at radius 1 is 0.700 bits per heavy atom. The van der Waals surface area contributed by atoms with Crippen LogP contribution in [0.3, 0.4) is 0 Å². The first-order valence-electron chi connectivity index (χ1n) is 4.25. The standard InChI is InChI=1S/C6H2F12OP/c7-1-2(8,9)3(10,11)4(12,13)5(14,15)6(16,17)20(1,18)19/h1,19H. The van der Waals surface area contributed by atoms with Gasteiger partial charge in [0.1, 0.15) is 0 Å². The quantitative estimate of drug-likeness (QED) is 0.512. The van der Waals surface area contributed by atoms with Gasteiger partial charge in [0.15, 0.2) is 0 Å². The van der Waals surface area contributed by atoms with E-state index >= 15 is 0 Å².